The first-order valence-electron chi connectivity index (χ1n) is 5.35. The van der Waals surface area contributed by atoms with E-state index in [0.717, 1.165) is 0 Å². The third-order valence-electron chi connectivity index (χ3n) is 2.33. The number of carbonyl (C=O) groups excluding carboxylic acids is 1. The van der Waals surface area contributed by atoms with Crippen LogP contribution < -0.4 is 10.1 Å². The zero-order valence-electron chi connectivity index (χ0n) is 10.2. The number of hydrogen-bond acceptors (Lipinski definition) is 4. The number of nitrogens with zero attached hydrogens (tertiary/aromatic N) is 2. The maximum atomic E-state index is 12.3. The van der Waals surface area contributed by atoms with Crippen LogP contribution in [0.2, 0.25) is 0 Å². The number of rotatable bonds is 3. The Morgan fingerprint density at radius 3 is 2.45 bits per heavy atom. The van der Waals surface area contributed by atoms with Crippen LogP contribution in [0, 0.1) is 0 Å². The molecule has 9 heteroatoms. The summed E-state index contributed by atoms with van der Waals surface area (Å²) in [6.07, 6.45) is -4.64. The van der Waals surface area contributed by atoms with Crippen LogP contribution in [0.1, 0.15) is 16.2 Å². The highest BCUT2D eigenvalue weighted by Gasteiger charge is 2.35. The van der Waals surface area contributed by atoms with Crippen molar-refractivity contribution in [3.63, 3.8) is 0 Å². The molecule has 0 aliphatic heterocycles. The molecule has 20 heavy (non-hydrogen) atoms. The van der Waals surface area contributed by atoms with Crippen molar-refractivity contribution in [2.75, 3.05) is 12.4 Å². The fourth-order valence-electron chi connectivity index (χ4n) is 1.36. The minimum atomic E-state index is -4.64. The standard InChI is InChI=1S/C11H9F3N4O2/c1-20-7-4-2-6(3-5-7)8(19)15-10-16-9(17-18-10)11(12,13)14/h2-5H,1H3,(H2,15,16,17,18,19). The number of aromatic amines is 1. The SMILES string of the molecule is COc1ccc(C(=O)Nc2n[nH]c(C(F)(F)F)n2)cc1. The summed E-state index contributed by atoms with van der Waals surface area (Å²) in [7, 11) is 1.47. The molecular weight excluding hydrogens is 277 g/mol. The van der Waals surface area contributed by atoms with Gasteiger partial charge in [0, 0.05) is 5.56 Å². The van der Waals surface area contributed by atoms with E-state index >= 15 is 0 Å². The Morgan fingerprint density at radius 1 is 1.30 bits per heavy atom. The van der Waals surface area contributed by atoms with Gasteiger partial charge in [0.25, 0.3) is 5.91 Å². The molecule has 1 amide bonds. The minimum Gasteiger partial charge on any atom is -0.497 e. The van der Waals surface area contributed by atoms with Crippen molar-refractivity contribution in [2.24, 2.45) is 0 Å². The smallest absolute Gasteiger partial charge is 0.451 e. The van der Waals surface area contributed by atoms with Crippen molar-refractivity contribution in [3.8, 4) is 5.75 Å². The van der Waals surface area contributed by atoms with Crippen molar-refractivity contribution < 1.29 is 22.7 Å². The Balaban J connectivity index is 2.09. The molecule has 1 aromatic heterocycles. The largest absolute Gasteiger partial charge is 0.497 e. The van der Waals surface area contributed by atoms with Gasteiger partial charge in [-0.25, -0.2) is 0 Å². The molecule has 2 aromatic rings. The van der Waals surface area contributed by atoms with Gasteiger partial charge in [-0.05, 0) is 24.3 Å². The van der Waals surface area contributed by atoms with Crippen molar-refractivity contribution >= 4 is 11.9 Å². The molecule has 1 heterocycles. The molecule has 0 bridgehead atoms. The van der Waals surface area contributed by atoms with E-state index in [2.05, 4.69) is 15.4 Å². The average molecular weight is 286 g/mol. The van der Waals surface area contributed by atoms with Gasteiger partial charge in [0.05, 0.1) is 7.11 Å². The van der Waals surface area contributed by atoms with Gasteiger partial charge in [0.15, 0.2) is 0 Å². The predicted octanol–water partition coefficient (Wildman–Crippen LogP) is 2.08. The number of aromatic nitrogens is 3. The van der Waals surface area contributed by atoms with Crippen molar-refractivity contribution in [1.29, 1.82) is 0 Å². The van der Waals surface area contributed by atoms with Crippen molar-refractivity contribution in [3.05, 3.63) is 35.7 Å². The number of alkyl halides is 3. The highest BCUT2D eigenvalue weighted by Crippen LogP contribution is 2.26. The number of ether oxygens (including phenoxy) is 1. The summed E-state index contributed by atoms with van der Waals surface area (Å²) in [4.78, 5) is 14.9. The van der Waals surface area contributed by atoms with Gasteiger partial charge >= 0.3 is 6.18 Å². The average Bonchev–Trinajstić information content (AvgIpc) is 2.87. The first-order valence-corrected chi connectivity index (χ1v) is 5.35. The number of amides is 1. The van der Waals surface area contributed by atoms with Crippen LogP contribution in [0.25, 0.3) is 0 Å². The summed E-state index contributed by atoms with van der Waals surface area (Å²) in [5.74, 6) is -1.79. The number of benzene rings is 1. The maximum Gasteiger partial charge on any atom is 0.451 e. The topological polar surface area (TPSA) is 79.9 Å². The Morgan fingerprint density at radius 2 is 1.95 bits per heavy atom. The molecular formula is C11H9F3N4O2. The molecule has 2 N–H and O–H groups in total. The van der Waals surface area contributed by atoms with E-state index in [0.29, 0.717) is 5.75 Å². The minimum absolute atomic E-state index is 0.240. The van der Waals surface area contributed by atoms with Crippen LogP contribution in [-0.2, 0) is 6.18 Å². The van der Waals surface area contributed by atoms with Gasteiger partial charge in [0.2, 0.25) is 11.8 Å². The third-order valence-corrected chi connectivity index (χ3v) is 2.33. The van der Waals surface area contributed by atoms with Gasteiger partial charge in [-0.1, -0.05) is 0 Å². The lowest BCUT2D eigenvalue weighted by atomic mass is 10.2. The number of H-pyrrole nitrogens is 1. The van der Waals surface area contributed by atoms with Crippen LogP contribution >= 0.6 is 0 Å². The number of halogens is 3. The summed E-state index contributed by atoms with van der Waals surface area (Å²) in [6.45, 7) is 0. The highest BCUT2D eigenvalue weighted by molar-refractivity contribution is 6.03. The zero-order chi connectivity index (χ0) is 14.8. The van der Waals surface area contributed by atoms with Crippen LogP contribution in [0.3, 0.4) is 0 Å². The fourth-order valence-corrected chi connectivity index (χ4v) is 1.36. The summed E-state index contributed by atoms with van der Waals surface area (Å²) in [5, 5.41) is 7.12. The fraction of sp³-hybridized carbons (Fsp3) is 0.182. The maximum absolute atomic E-state index is 12.3. The molecule has 0 spiro atoms. The van der Waals surface area contributed by atoms with Crippen LogP contribution in [0.5, 0.6) is 5.75 Å². The van der Waals surface area contributed by atoms with Crippen LogP contribution in [0.15, 0.2) is 24.3 Å². The Labute approximate surface area is 111 Å². The molecule has 0 aliphatic carbocycles. The molecule has 0 aliphatic rings. The molecule has 6 nitrogen and oxygen atoms in total. The van der Waals surface area contributed by atoms with E-state index in [1.54, 1.807) is 17.2 Å². The lowest BCUT2D eigenvalue weighted by Crippen LogP contribution is -2.13. The first kappa shape index (κ1) is 13.8. The van der Waals surface area contributed by atoms with Crippen molar-refractivity contribution in [1.82, 2.24) is 15.2 Å². The quantitative estimate of drug-likeness (QED) is 0.905. The predicted molar refractivity (Wildman–Crippen MR) is 62.3 cm³/mol. The van der Waals surface area contributed by atoms with E-state index in [4.69, 9.17) is 4.74 Å². The molecule has 0 radical (unpaired) electrons. The molecule has 0 unspecified atom stereocenters. The van der Waals surface area contributed by atoms with Gasteiger partial charge in [-0.3, -0.25) is 15.2 Å². The van der Waals surface area contributed by atoms with E-state index in [1.165, 1.54) is 19.2 Å². The summed E-state index contributed by atoms with van der Waals surface area (Å²) < 4.78 is 41.8. The third kappa shape index (κ3) is 3.05. The normalized spacial score (nSPS) is 11.2. The highest BCUT2D eigenvalue weighted by atomic mass is 19.4. The lowest BCUT2D eigenvalue weighted by molar-refractivity contribution is -0.144. The molecule has 106 valence electrons. The van der Waals surface area contributed by atoms with Gasteiger partial charge < -0.3 is 4.74 Å². The number of methoxy groups -OCH3 is 1. The molecule has 1 aromatic carbocycles. The van der Waals surface area contributed by atoms with Crippen LogP contribution in [0.4, 0.5) is 19.1 Å². The zero-order valence-corrected chi connectivity index (χ0v) is 10.2. The second kappa shape index (κ2) is 5.19. The van der Waals surface area contributed by atoms with Gasteiger partial charge in [0.1, 0.15) is 5.75 Å². The Bertz CT molecular complexity index is 607. The van der Waals surface area contributed by atoms with E-state index < -0.39 is 23.9 Å². The number of anilines is 1. The van der Waals surface area contributed by atoms with E-state index in [1.807, 2.05) is 0 Å². The summed E-state index contributed by atoms with van der Waals surface area (Å²) in [6, 6.07) is 6.03. The molecule has 0 saturated carbocycles. The van der Waals surface area contributed by atoms with Crippen LogP contribution in [-0.4, -0.2) is 28.2 Å². The Hall–Kier alpha value is -2.58. The Kier molecular flexibility index (Phi) is 3.59. The monoisotopic (exact) mass is 286 g/mol. The molecule has 2 rings (SSSR count). The number of nitrogens with one attached hydrogen (secondary N) is 2. The molecule has 0 fully saturated rings. The summed E-state index contributed by atoms with van der Waals surface area (Å²) in [5.41, 5.74) is 0.240. The van der Waals surface area contributed by atoms with E-state index in [-0.39, 0.29) is 5.56 Å². The van der Waals surface area contributed by atoms with Crippen molar-refractivity contribution in [2.45, 2.75) is 6.18 Å². The summed E-state index contributed by atoms with van der Waals surface area (Å²) >= 11 is 0. The van der Waals surface area contributed by atoms with Gasteiger partial charge in [-0.2, -0.15) is 18.2 Å². The number of hydrogen-bond donors (Lipinski definition) is 2. The number of carbonyl (C=O) groups is 1. The van der Waals surface area contributed by atoms with E-state index in [9.17, 15) is 18.0 Å². The first-order chi connectivity index (χ1) is 9.40. The second-order valence-corrected chi connectivity index (χ2v) is 3.69. The lowest BCUT2D eigenvalue weighted by Gasteiger charge is -2.03. The molecule has 0 saturated heterocycles. The molecule has 0 atom stereocenters. The van der Waals surface area contributed by atoms with Gasteiger partial charge in [-0.15, -0.1) is 5.10 Å². The second-order valence-electron chi connectivity index (χ2n) is 3.69.